The molecule has 20 heavy (non-hydrogen) atoms. The normalized spacial score (nSPS) is 15.9. The molecule has 108 valence electrons. The lowest BCUT2D eigenvalue weighted by Crippen LogP contribution is -2.49. The number of hydrogen-bond donors (Lipinski definition) is 1. The summed E-state index contributed by atoms with van der Waals surface area (Å²) in [7, 11) is 0. The lowest BCUT2D eigenvalue weighted by Gasteiger charge is -2.34. The first-order chi connectivity index (χ1) is 9.70. The summed E-state index contributed by atoms with van der Waals surface area (Å²) in [5.41, 5.74) is 0. The Morgan fingerprint density at radius 2 is 2.00 bits per heavy atom. The molecule has 1 amide bonds. The van der Waals surface area contributed by atoms with Crippen molar-refractivity contribution < 1.29 is 14.6 Å². The molecule has 2 rings (SSSR count). The van der Waals surface area contributed by atoms with E-state index in [4.69, 9.17) is 4.74 Å². The number of ether oxygens (including phenoxy) is 1. The molecule has 1 fully saturated rings. The summed E-state index contributed by atoms with van der Waals surface area (Å²) in [5, 5.41) is 9.56. The van der Waals surface area contributed by atoms with Gasteiger partial charge in [0.15, 0.2) is 18.1 Å². The van der Waals surface area contributed by atoms with Crippen LogP contribution in [0.4, 0.5) is 0 Å². The van der Waals surface area contributed by atoms with Crippen LogP contribution in [-0.4, -0.2) is 60.1 Å². The monoisotopic (exact) mass is 276 g/mol. The lowest BCUT2D eigenvalue weighted by atomic mass is 10.3. The molecular formula is C15H20N2O3. The van der Waals surface area contributed by atoms with Gasteiger partial charge in [-0.3, -0.25) is 9.69 Å². The summed E-state index contributed by atoms with van der Waals surface area (Å²) in [6.07, 6.45) is 1.87. The fraction of sp³-hybridized carbons (Fsp3) is 0.400. The number of para-hydroxylation sites is 2. The van der Waals surface area contributed by atoms with E-state index in [1.54, 1.807) is 23.1 Å². The third kappa shape index (κ3) is 3.74. The first-order valence-corrected chi connectivity index (χ1v) is 6.72. The van der Waals surface area contributed by atoms with Gasteiger partial charge in [0.2, 0.25) is 0 Å². The number of hydrogen-bond acceptors (Lipinski definition) is 4. The molecule has 1 aromatic carbocycles. The zero-order chi connectivity index (χ0) is 14.4. The summed E-state index contributed by atoms with van der Waals surface area (Å²) in [4.78, 5) is 16.1. The Morgan fingerprint density at radius 3 is 2.65 bits per heavy atom. The third-order valence-corrected chi connectivity index (χ3v) is 3.33. The molecule has 0 saturated carbocycles. The zero-order valence-corrected chi connectivity index (χ0v) is 11.5. The van der Waals surface area contributed by atoms with E-state index in [1.165, 1.54) is 6.07 Å². The van der Waals surface area contributed by atoms with Crippen molar-refractivity contribution in [1.82, 2.24) is 9.80 Å². The molecule has 5 nitrogen and oxygen atoms in total. The van der Waals surface area contributed by atoms with Gasteiger partial charge >= 0.3 is 0 Å². The average molecular weight is 276 g/mol. The predicted octanol–water partition coefficient (Wildman–Crippen LogP) is 1.10. The van der Waals surface area contributed by atoms with E-state index in [-0.39, 0.29) is 18.3 Å². The molecule has 0 atom stereocenters. The van der Waals surface area contributed by atoms with Crippen molar-refractivity contribution in [3.05, 3.63) is 36.9 Å². The molecule has 0 bridgehead atoms. The van der Waals surface area contributed by atoms with Crippen molar-refractivity contribution in [3.8, 4) is 11.5 Å². The first-order valence-electron chi connectivity index (χ1n) is 6.72. The number of nitrogens with zero attached hydrogens (tertiary/aromatic N) is 2. The standard InChI is InChI=1S/C15H20N2O3/c1-2-7-16-8-10-17(11-9-16)15(19)12-20-14-6-4-3-5-13(14)18/h2-6,18H,1,7-12H2. The van der Waals surface area contributed by atoms with Crippen molar-refractivity contribution in [3.63, 3.8) is 0 Å². The van der Waals surface area contributed by atoms with Crippen molar-refractivity contribution in [2.45, 2.75) is 0 Å². The first kappa shape index (κ1) is 14.4. The van der Waals surface area contributed by atoms with Crippen molar-refractivity contribution in [2.24, 2.45) is 0 Å². The van der Waals surface area contributed by atoms with Gasteiger partial charge in [-0.05, 0) is 12.1 Å². The Labute approximate surface area is 119 Å². The van der Waals surface area contributed by atoms with Gasteiger partial charge in [0.25, 0.3) is 5.91 Å². The smallest absolute Gasteiger partial charge is 0.260 e. The van der Waals surface area contributed by atoms with E-state index in [0.29, 0.717) is 18.8 Å². The number of phenolic OH excluding ortho intramolecular Hbond substituents is 1. The minimum Gasteiger partial charge on any atom is -0.504 e. The Hall–Kier alpha value is -2.01. The molecule has 5 heteroatoms. The highest BCUT2D eigenvalue weighted by Gasteiger charge is 2.20. The number of carbonyl (C=O) groups is 1. The number of carbonyl (C=O) groups excluding carboxylic acids is 1. The van der Waals surface area contributed by atoms with Gasteiger partial charge in [-0.1, -0.05) is 18.2 Å². The summed E-state index contributed by atoms with van der Waals surface area (Å²) in [5.74, 6) is 0.341. The topological polar surface area (TPSA) is 53.0 Å². The number of aromatic hydroxyl groups is 1. The SMILES string of the molecule is C=CCN1CCN(C(=O)COc2ccccc2O)CC1. The second-order valence-electron chi connectivity index (χ2n) is 4.73. The summed E-state index contributed by atoms with van der Waals surface area (Å²) in [6.45, 7) is 7.65. The predicted molar refractivity (Wildman–Crippen MR) is 76.8 cm³/mol. The summed E-state index contributed by atoms with van der Waals surface area (Å²) < 4.78 is 5.36. The van der Waals surface area contributed by atoms with Crippen LogP contribution in [0.5, 0.6) is 11.5 Å². The van der Waals surface area contributed by atoms with E-state index >= 15 is 0 Å². The minimum absolute atomic E-state index is 0.0426. The number of piperazine rings is 1. The van der Waals surface area contributed by atoms with Crippen LogP contribution in [0, 0.1) is 0 Å². The van der Waals surface area contributed by atoms with Crippen LogP contribution in [0.1, 0.15) is 0 Å². The van der Waals surface area contributed by atoms with E-state index in [0.717, 1.165) is 19.6 Å². The van der Waals surface area contributed by atoms with Gasteiger partial charge in [0.05, 0.1) is 0 Å². The maximum absolute atomic E-state index is 12.0. The number of rotatable bonds is 5. The van der Waals surface area contributed by atoms with Crippen LogP contribution < -0.4 is 4.74 Å². The maximum Gasteiger partial charge on any atom is 0.260 e. The van der Waals surface area contributed by atoms with E-state index in [2.05, 4.69) is 11.5 Å². The van der Waals surface area contributed by atoms with Crippen molar-refractivity contribution in [2.75, 3.05) is 39.3 Å². The van der Waals surface area contributed by atoms with Crippen LogP contribution in [0.2, 0.25) is 0 Å². The molecule has 1 heterocycles. The Bertz CT molecular complexity index is 468. The van der Waals surface area contributed by atoms with Crippen LogP contribution >= 0.6 is 0 Å². The molecule has 1 aliphatic heterocycles. The second-order valence-corrected chi connectivity index (χ2v) is 4.73. The molecule has 1 aliphatic rings. The number of benzene rings is 1. The quantitative estimate of drug-likeness (QED) is 0.818. The largest absolute Gasteiger partial charge is 0.504 e. The van der Waals surface area contributed by atoms with Gasteiger partial charge in [-0.25, -0.2) is 0 Å². The Kier molecular flexibility index (Phi) is 5.01. The molecule has 0 aliphatic carbocycles. The second kappa shape index (κ2) is 6.96. The molecule has 0 unspecified atom stereocenters. The van der Waals surface area contributed by atoms with Gasteiger partial charge < -0.3 is 14.7 Å². The molecule has 0 spiro atoms. The molecular weight excluding hydrogens is 256 g/mol. The van der Waals surface area contributed by atoms with Crippen LogP contribution in [-0.2, 0) is 4.79 Å². The van der Waals surface area contributed by atoms with E-state index in [9.17, 15) is 9.90 Å². The van der Waals surface area contributed by atoms with Crippen LogP contribution in [0.15, 0.2) is 36.9 Å². The minimum atomic E-state index is -0.0495. The molecule has 1 N–H and O–H groups in total. The Balaban J connectivity index is 1.79. The molecule has 0 aromatic heterocycles. The van der Waals surface area contributed by atoms with Gasteiger partial charge in [0.1, 0.15) is 0 Å². The van der Waals surface area contributed by atoms with Gasteiger partial charge in [-0.15, -0.1) is 6.58 Å². The van der Waals surface area contributed by atoms with Crippen LogP contribution in [0.3, 0.4) is 0 Å². The van der Waals surface area contributed by atoms with Gasteiger partial charge in [-0.2, -0.15) is 0 Å². The summed E-state index contributed by atoms with van der Waals surface area (Å²) in [6, 6.07) is 6.65. The molecule has 1 saturated heterocycles. The van der Waals surface area contributed by atoms with Crippen molar-refractivity contribution in [1.29, 1.82) is 0 Å². The number of amides is 1. The lowest BCUT2D eigenvalue weighted by molar-refractivity contribution is -0.135. The maximum atomic E-state index is 12.0. The average Bonchev–Trinajstić information content (AvgIpc) is 2.47. The highest BCUT2D eigenvalue weighted by atomic mass is 16.5. The van der Waals surface area contributed by atoms with Crippen LogP contribution in [0.25, 0.3) is 0 Å². The number of phenols is 1. The van der Waals surface area contributed by atoms with Crippen molar-refractivity contribution >= 4 is 5.91 Å². The fourth-order valence-corrected chi connectivity index (χ4v) is 2.17. The van der Waals surface area contributed by atoms with E-state index < -0.39 is 0 Å². The fourth-order valence-electron chi connectivity index (χ4n) is 2.17. The highest BCUT2D eigenvalue weighted by Crippen LogP contribution is 2.24. The summed E-state index contributed by atoms with van der Waals surface area (Å²) >= 11 is 0. The molecule has 1 aromatic rings. The zero-order valence-electron chi connectivity index (χ0n) is 11.5. The third-order valence-electron chi connectivity index (χ3n) is 3.33. The highest BCUT2D eigenvalue weighted by molar-refractivity contribution is 5.78. The van der Waals surface area contributed by atoms with Gasteiger partial charge in [0, 0.05) is 32.7 Å². The molecule has 0 radical (unpaired) electrons. The van der Waals surface area contributed by atoms with E-state index in [1.807, 2.05) is 6.08 Å². The Morgan fingerprint density at radius 1 is 1.30 bits per heavy atom.